The molecule has 0 aromatic heterocycles. The number of hydrogen-bond donors (Lipinski definition) is 2. The average Bonchev–Trinajstić information content (AvgIpc) is 0.722. The molecule has 0 rings (SSSR count). The van der Waals surface area contributed by atoms with E-state index in [2.05, 4.69) is 0 Å². The van der Waals surface area contributed by atoms with Crippen molar-refractivity contribution >= 4 is 68.6 Å². The summed E-state index contributed by atoms with van der Waals surface area (Å²) in [6.07, 6.45) is 0. The Kier molecular flexibility index (Phi) is 14.4. The van der Waals surface area contributed by atoms with Gasteiger partial charge in [0, 0.05) is 16.5 Å². The molecule has 0 spiro atoms. The second-order valence-corrected chi connectivity index (χ2v) is 1.34. The van der Waals surface area contributed by atoms with Gasteiger partial charge in [-0.3, -0.25) is 9.11 Å². The first-order valence-electron chi connectivity index (χ1n) is 0.698. The van der Waals surface area contributed by atoms with Gasteiger partial charge in [0.25, 0.3) is 0 Å². The fourth-order valence-corrected chi connectivity index (χ4v) is 0. The third-order valence-corrected chi connectivity index (χ3v) is 0. The van der Waals surface area contributed by atoms with Crippen LogP contribution in [0.3, 0.4) is 0 Å². The van der Waals surface area contributed by atoms with Crippen molar-refractivity contribution in [3.8, 4) is 0 Å². The SMILES string of the molecule is O=S(=O)(O)O.[Ni].[RbH]. The van der Waals surface area contributed by atoms with Crippen molar-refractivity contribution in [2.24, 2.45) is 0 Å². The van der Waals surface area contributed by atoms with Gasteiger partial charge in [-0.2, -0.15) is 8.42 Å². The van der Waals surface area contributed by atoms with E-state index in [1.165, 1.54) is 0 Å². The van der Waals surface area contributed by atoms with Crippen molar-refractivity contribution in [3.05, 3.63) is 0 Å². The number of rotatable bonds is 0. The molecule has 0 fully saturated rings. The van der Waals surface area contributed by atoms with Crippen LogP contribution in [0.5, 0.6) is 0 Å². The average molecular weight is 243 g/mol. The molecule has 0 aromatic carbocycles. The summed E-state index contributed by atoms with van der Waals surface area (Å²) in [7, 11) is -4.67. The van der Waals surface area contributed by atoms with Crippen LogP contribution >= 0.6 is 0 Å². The van der Waals surface area contributed by atoms with Crippen molar-refractivity contribution < 1.29 is 34.0 Å². The zero-order valence-corrected chi connectivity index (χ0v) is 4.24. The summed E-state index contributed by atoms with van der Waals surface area (Å²) in [4.78, 5) is 0. The van der Waals surface area contributed by atoms with Gasteiger partial charge in [0.2, 0.25) is 0 Å². The Morgan fingerprint density at radius 1 is 1.14 bits per heavy atom. The monoisotopic (exact) mass is 242 g/mol. The first-order chi connectivity index (χ1) is 2.00. The van der Waals surface area contributed by atoms with Gasteiger partial charge >= 0.3 is 68.6 Å². The molecule has 44 valence electrons. The molecule has 2 N–H and O–H groups in total. The Morgan fingerprint density at radius 3 is 1.14 bits per heavy atom. The van der Waals surface area contributed by atoms with E-state index >= 15 is 0 Å². The molecule has 0 aliphatic heterocycles. The predicted octanol–water partition coefficient (Wildman–Crippen LogP) is -1.30. The van der Waals surface area contributed by atoms with Crippen LogP contribution in [0.25, 0.3) is 0 Å². The van der Waals surface area contributed by atoms with Crippen LogP contribution in [0.15, 0.2) is 0 Å². The molecule has 0 bridgehead atoms. The Balaban J connectivity index is -0.0000000800. The van der Waals surface area contributed by atoms with Gasteiger partial charge in [-0.05, 0) is 0 Å². The van der Waals surface area contributed by atoms with Crippen molar-refractivity contribution in [3.63, 3.8) is 0 Å². The van der Waals surface area contributed by atoms with E-state index < -0.39 is 10.4 Å². The van der Waals surface area contributed by atoms with Gasteiger partial charge in [0.05, 0.1) is 0 Å². The third kappa shape index (κ3) is 66.1. The van der Waals surface area contributed by atoms with E-state index in [9.17, 15) is 0 Å². The van der Waals surface area contributed by atoms with E-state index in [1.807, 2.05) is 0 Å². The standard InChI is InChI=1S/Ni.H2O4S.Rb.H/c;1-5(2,3)4;;/h;(H2,1,2,3,4);;. The predicted molar refractivity (Wildman–Crippen MR) is 21.3 cm³/mol. The van der Waals surface area contributed by atoms with Crippen LogP contribution < -0.4 is 0 Å². The Labute approximate surface area is 100 Å². The van der Waals surface area contributed by atoms with Crippen LogP contribution in [0, 0.1) is 0 Å². The molecule has 0 saturated heterocycles. The molecular weight excluding hydrogens is 240 g/mol. The van der Waals surface area contributed by atoms with Gasteiger partial charge < -0.3 is 0 Å². The Bertz CT molecular complexity index is 94.9. The maximum atomic E-state index is 8.74. The summed E-state index contributed by atoms with van der Waals surface area (Å²) >= 11 is 0. The minimum atomic E-state index is -4.67. The number of hydrogen-bond acceptors (Lipinski definition) is 2. The summed E-state index contributed by atoms with van der Waals surface area (Å²) in [5.41, 5.74) is 0. The van der Waals surface area contributed by atoms with Crippen molar-refractivity contribution in [2.75, 3.05) is 0 Å². The van der Waals surface area contributed by atoms with E-state index in [0.717, 1.165) is 0 Å². The van der Waals surface area contributed by atoms with E-state index in [1.54, 1.807) is 0 Å². The molecule has 0 aliphatic carbocycles. The van der Waals surface area contributed by atoms with Crippen LogP contribution in [0.1, 0.15) is 0 Å². The van der Waals surface area contributed by atoms with Crippen LogP contribution in [0.4, 0.5) is 0 Å². The molecule has 0 aliphatic rings. The van der Waals surface area contributed by atoms with Gasteiger partial charge in [-0.15, -0.1) is 0 Å². The summed E-state index contributed by atoms with van der Waals surface area (Å²) in [5.74, 6) is 0. The second kappa shape index (κ2) is 6.29. The Hall–Kier alpha value is 2.17. The molecule has 0 heterocycles. The summed E-state index contributed by atoms with van der Waals surface area (Å²) in [6.45, 7) is 0. The van der Waals surface area contributed by atoms with E-state index in [4.69, 9.17) is 17.5 Å². The van der Waals surface area contributed by atoms with Gasteiger partial charge in [-0.25, -0.2) is 0 Å². The van der Waals surface area contributed by atoms with Gasteiger partial charge in [0.1, 0.15) is 0 Å². The summed E-state index contributed by atoms with van der Waals surface area (Å²) in [6, 6.07) is 0. The fraction of sp³-hybridized carbons (Fsp3) is 0. The van der Waals surface area contributed by atoms with Crippen molar-refractivity contribution in [2.45, 2.75) is 0 Å². The topological polar surface area (TPSA) is 74.6 Å². The summed E-state index contributed by atoms with van der Waals surface area (Å²) < 4.78 is 31.6. The van der Waals surface area contributed by atoms with Crippen LogP contribution in [-0.4, -0.2) is 75.7 Å². The quantitative estimate of drug-likeness (QED) is 0.409. The molecule has 0 radical (unpaired) electrons. The zero-order valence-electron chi connectivity index (χ0n) is 2.44. The normalized spacial score (nSPS) is 8.29. The molecule has 0 aromatic rings. The van der Waals surface area contributed by atoms with Crippen LogP contribution in [-0.2, 0) is 26.9 Å². The zero-order chi connectivity index (χ0) is 4.50. The molecule has 0 atom stereocenters. The molecule has 0 saturated carbocycles. The van der Waals surface area contributed by atoms with Crippen molar-refractivity contribution in [1.82, 2.24) is 0 Å². The summed E-state index contributed by atoms with van der Waals surface area (Å²) in [5, 5.41) is 0. The maximum absolute atomic E-state index is 8.74. The van der Waals surface area contributed by atoms with E-state index in [0.29, 0.717) is 0 Å². The van der Waals surface area contributed by atoms with Crippen molar-refractivity contribution in [1.29, 1.82) is 0 Å². The molecule has 4 nitrogen and oxygen atoms in total. The third-order valence-electron chi connectivity index (χ3n) is 0. The van der Waals surface area contributed by atoms with Gasteiger partial charge in [-0.1, -0.05) is 0 Å². The molecule has 0 unspecified atom stereocenters. The molecule has 0 amide bonds. The molecule has 7 heteroatoms. The van der Waals surface area contributed by atoms with Crippen LogP contribution in [0.2, 0.25) is 0 Å². The second-order valence-electron chi connectivity index (χ2n) is 0.448. The van der Waals surface area contributed by atoms with E-state index in [-0.39, 0.29) is 74.7 Å². The first kappa shape index (κ1) is 16.1. The molecular formula is H3NiO4RbS. The minimum absolute atomic E-state index is 0. The molecule has 7 heavy (non-hydrogen) atoms. The van der Waals surface area contributed by atoms with Gasteiger partial charge in [0.15, 0.2) is 0 Å². The fourth-order valence-electron chi connectivity index (χ4n) is 0. The Morgan fingerprint density at radius 2 is 1.14 bits per heavy atom. The first-order valence-corrected chi connectivity index (χ1v) is 2.10.